The quantitative estimate of drug-likeness (QED) is 0.701. The fourth-order valence-electron chi connectivity index (χ4n) is 2.10. The average molecular weight is 185 g/mol. The molecule has 1 aliphatic rings. The molecule has 0 aromatic heterocycles. The van der Waals surface area contributed by atoms with Crippen LogP contribution in [0.2, 0.25) is 0 Å². The van der Waals surface area contributed by atoms with Gasteiger partial charge in [-0.15, -0.1) is 0 Å². The van der Waals surface area contributed by atoms with Crippen LogP contribution in [0.15, 0.2) is 0 Å². The maximum atomic E-state index is 9.11. The van der Waals surface area contributed by atoms with Crippen molar-refractivity contribution in [2.75, 3.05) is 6.54 Å². The van der Waals surface area contributed by atoms with E-state index >= 15 is 0 Å². The first kappa shape index (κ1) is 11.0. The van der Waals surface area contributed by atoms with E-state index in [1.165, 1.54) is 25.7 Å². The summed E-state index contributed by atoms with van der Waals surface area (Å²) in [5.74, 6) is 0.822. The highest BCUT2D eigenvalue weighted by Gasteiger charge is 2.20. The molecule has 2 heteroatoms. The molecule has 0 aliphatic heterocycles. The van der Waals surface area contributed by atoms with Gasteiger partial charge in [0.2, 0.25) is 0 Å². The Morgan fingerprint density at radius 1 is 1.38 bits per heavy atom. The molecule has 13 heavy (non-hydrogen) atoms. The fraction of sp³-hybridized carbons (Fsp3) is 1.00. The second kappa shape index (κ2) is 5.61. The molecule has 1 aliphatic carbocycles. The van der Waals surface area contributed by atoms with E-state index in [0.29, 0.717) is 6.04 Å². The van der Waals surface area contributed by atoms with E-state index in [1.807, 2.05) is 6.92 Å². The summed E-state index contributed by atoms with van der Waals surface area (Å²) in [4.78, 5) is 0. The predicted molar refractivity (Wildman–Crippen MR) is 55.7 cm³/mol. The third-order valence-electron chi connectivity index (χ3n) is 3.08. The Labute approximate surface area is 81.7 Å². The summed E-state index contributed by atoms with van der Waals surface area (Å²) in [6, 6.07) is 0.701. The van der Waals surface area contributed by atoms with Gasteiger partial charge in [0.05, 0.1) is 6.10 Å². The summed E-state index contributed by atoms with van der Waals surface area (Å²) in [6.07, 6.45) is 6.18. The lowest BCUT2D eigenvalue weighted by Gasteiger charge is -2.29. The van der Waals surface area contributed by atoms with E-state index in [4.69, 9.17) is 5.11 Å². The monoisotopic (exact) mass is 185 g/mol. The molecule has 2 N–H and O–H groups in total. The van der Waals surface area contributed by atoms with Crippen LogP contribution in [0.1, 0.15) is 46.0 Å². The molecule has 78 valence electrons. The second-order valence-corrected chi connectivity index (χ2v) is 4.46. The average Bonchev–Trinajstić information content (AvgIpc) is 2.08. The van der Waals surface area contributed by atoms with Crippen molar-refractivity contribution in [2.24, 2.45) is 5.92 Å². The lowest BCUT2D eigenvalue weighted by molar-refractivity contribution is 0.177. The summed E-state index contributed by atoms with van der Waals surface area (Å²) in [5, 5.41) is 12.7. The van der Waals surface area contributed by atoms with Gasteiger partial charge in [0, 0.05) is 6.04 Å². The summed E-state index contributed by atoms with van der Waals surface area (Å²) in [7, 11) is 0. The van der Waals surface area contributed by atoms with Crippen LogP contribution in [0.25, 0.3) is 0 Å². The molecule has 3 atom stereocenters. The zero-order valence-corrected chi connectivity index (χ0v) is 8.92. The van der Waals surface area contributed by atoms with Gasteiger partial charge in [0.1, 0.15) is 0 Å². The molecular formula is C11H23NO. The molecule has 0 aromatic rings. The molecule has 0 saturated heterocycles. The van der Waals surface area contributed by atoms with Gasteiger partial charge in [-0.1, -0.05) is 19.8 Å². The van der Waals surface area contributed by atoms with Crippen LogP contribution in [-0.4, -0.2) is 23.8 Å². The highest BCUT2D eigenvalue weighted by atomic mass is 16.3. The van der Waals surface area contributed by atoms with Gasteiger partial charge in [-0.25, -0.2) is 0 Å². The van der Waals surface area contributed by atoms with Crippen molar-refractivity contribution >= 4 is 0 Å². The molecule has 0 aromatic carbocycles. The molecule has 0 radical (unpaired) electrons. The van der Waals surface area contributed by atoms with Crippen LogP contribution in [0.4, 0.5) is 0 Å². The molecular weight excluding hydrogens is 162 g/mol. The van der Waals surface area contributed by atoms with Gasteiger partial charge in [0.25, 0.3) is 0 Å². The SMILES string of the molecule is CC(O)CCNC1CCCCC1C. The Hall–Kier alpha value is -0.0800. The largest absolute Gasteiger partial charge is 0.393 e. The van der Waals surface area contributed by atoms with Crippen LogP contribution in [0.3, 0.4) is 0 Å². The highest BCUT2D eigenvalue weighted by molar-refractivity contribution is 4.77. The third-order valence-corrected chi connectivity index (χ3v) is 3.08. The van der Waals surface area contributed by atoms with Crippen LogP contribution < -0.4 is 5.32 Å². The molecule has 3 unspecified atom stereocenters. The van der Waals surface area contributed by atoms with Crippen molar-refractivity contribution in [3.05, 3.63) is 0 Å². The third kappa shape index (κ3) is 4.10. The molecule has 1 fully saturated rings. The van der Waals surface area contributed by atoms with Crippen LogP contribution >= 0.6 is 0 Å². The van der Waals surface area contributed by atoms with Gasteiger partial charge >= 0.3 is 0 Å². The Morgan fingerprint density at radius 2 is 2.08 bits per heavy atom. The van der Waals surface area contributed by atoms with Gasteiger partial charge in [-0.05, 0) is 38.6 Å². The fourth-order valence-corrected chi connectivity index (χ4v) is 2.10. The number of rotatable bonds is 4. The smallest absolute Gasteiger partial charge is 0.0524 e. The highest BCUT2D eigenvalue weighted by Crippen LogP contribution is 2.23. The minimum Gasteiger partial charge on any atom is -0.393 e. The van der Waals surface area contributed by atoms with Gasteiger partial charge < -0.3 is 10.4 Å². The lowest BCUT2D eigenvalue weighted by Crippen LogP contribution is -2.38. The Balaban J connectivity index is 2.11. The van der Waals surface area contributed by atoms with Crippen molar-refractivity contribution in [1.29, 1.82) is 0 Å². The molecule has 0 amide bonds. The first-order chi connectivity index (χ1) is 6.20. The van der Waals surface area contributed by atoms with Crippen molar-refractivity contribution in [3.63, 3.8) is 0 Å². The minimum absolute atomic E-state index is 0.161. The molecule has 1 rings (SSSR count). The van der Waals surface area contributed by atoms with E-state index in [9.17, 15) is 0 Å². The number of aliphatic hydroxyl groups excluding tert-OH is 1. The summed E-state index contributed by atoms with van der Waals surface area (Å²) >= 11 is 0. The standard InChI is InChI=1S/C11H23NO/c1-9-5-3-4-6-11(9)12-8-7-10(2)13/h9-13H,3-8H2,1-2H3. The van der Waals surface area contributed by atoms with E-state index in [1.54, 1.807) is 0 Å². The number of aliphatic hydroxyl groups is 1. The van der Waals surface area contributed by atoms with Crippen molar-refractivity contribution in [3.8, 4) is 0 Å². The summed E-state index contributed by atoms with van der Waals surface area (Å²) in [6.45, 7) is 5.15. The molecule has 0 spiro atoms. The van der Waals surface area contributed by atoms with E-state index in [2.05, 4.69) is 12.2 Å². The van der Waals surface area contributed by atoms with E-state index < -0.39 is 0 Å². The van der Waals surface area contributed by atoms with Crippen LogP contribution in [-0.2, 0) is 0 Å². The Morgan fingerprint density at radius 3 is 2.69 bits per heavy atom. The topological polar surface area (TPSA) is 32.3 Å². The zero-order chi connectivity index (χ0) is 9.68. The van der Waals surface area contributed by atoms with Gasteiger partial charge in [-0.3, -0.25) is 0 Å². The summed E-state index contributed by atoms with van der Waals surface area (Å²) < 4.78 is 0. The van der Waals surface area contributed by atoms with Gasteiger partial charge in [0.15, 0.2) is 0 Å². The minimum atomic E-state index is -0.161. The maximum Gasteiger partial charge on any atom is 0.0524 e. The first-order valence-electron chi connectivity index (χ1n) is 5.61. The molecule has 0 bridgehead atoms. The molecule has 2 nitrogen and oxygen atoms in total. The number of hydrogen-bond acceptors (Lipinski definition) is 2. The molecule has 0 heterocycles. The number of nitrogens with one attached hydrogen (secondary N) is 1. The van der Waals surface area contributed by atoms with E-state index in [-0.39, 0.29) is 6.10 Å². The zero-order valence-electron chi connectivity index (χ0n) is 8.92. The van der Waals surface area contributed by atoms with Crippen molar-refractivity contribution < 1.29 is 5.11 Å². The maximum absolute atomic E-state index is 9.11. The van der Waals surface area contributed by atoms with Crippen molar-refractivity contribution in [1.82, 2.24) is 5.32 Å². The Bertz CT molecular complexity index is 136. The summed E-state index contributed by atoms with van der Waals surface area (Å²) in [5.41, 5.74) is 0. The normalized spacial score (nSPS) is 31.6. The number of hydrogen-bond donors (Lipinski definition) is 2. The molecule has 1 saturated carbocycles. The lowest BCUT2D eigenvalue weighted by atomic mass is 9.86. The van der Waals surface area contributed by atoms with Crippen LogP contribution in [0.5, 0.6) is 0 Å². The van der Waals surface area contributed by atoms with Crippen molar-refractivity contribution in [2.45, 2.75) is 58.1 Å². The van der Waals surface area contributed by atoms with Gasteiger partial charge in [-0.2, -0.15) is 0 Å². The van der Waals surface area contributed by atoms with Crippen LogP contribution in [0, 0.1) is 5.92 Å². The first-order valence-corrected chi connectivity index (χ1v) is 5.61. The second-order valence-electron chi connectivity index (χ2n) is 4.46. The Kier molecular flexibility index (Phi) is 4.74. The predicted octanol–water partition coefficient (Wildman–Crippen LogP) is 1.93. The van der Waals surface area contributed by atoms with E-state index in [0.717, 1.165) is 18.9 Å².